The van der Waals surface area contributed by atoms with Gasteiger partial charge in [-0.3, -0.25) is 4.79 Å². The van der Waals surface area contributed by atoms with E-state index < -0.39 is 0 Å². The van der Waals surface area contributed by atoms with E-state index in [1.807, 2.05) is 6.92 Å². The Hall–Kier alpha value is -0.890. The molecule has 1 aliphatic carbocycles. The standard InChI is InChI=1S/C8H12.C6H13NO/c1-7-3-5-8(2)6-4-7;1-2-6(8)4-3-5-7/h3,5H,4,6H2,1-2H3;2-5,7H2,1H3. The van der Waals surface area contributed by atoms with Crippen molar-refractivity contribution >= 4 is 5.78 Å². The van der Waals surface area contributed by atoms with Gasteiger partial charge in [0.1, 0.15) is 5.78 Å². The third-order valence-corrected chi connectivity index (χ3v) is 2.62. The summed E-state index contributed by atoms with van der Waals surface area (Å²) >= 11 is 0. The van der Waals surface area contributed by atoms with Crippen molar-refractivity contribution in [2.75, 3.05) is 6.54 Å². The molecule has 1 rings (SSSR count). The van der Waals surface area contributed by atoms with Gasteiger partial charge in [-0.1, -0.05) is 30.2 Å². The van der Waals surface area contributed by atoms with Crippen molar-refractivity contribution in [2.45, 2.75) is 52.9 Å². The number of carbonyl (C=O) groups is 1. The zero-order chi connectivity index (χ0) is 12.4. The molecule has 92 valence electrons. The van der Waals surface area contributed by atoms with Gasteiger partial charge in [-0.15, -0.1) is 0 Å². The van der Waals surface area contributed by atoms with Crippen molar-refractivity contribution in [3.05, 3.63) is 23.3 Å². The van der Waals surface area contributed by atoms with Crippen LogP contribution in [0.5, 0.6) is 0 Å². The monoisotopic (exact) mass is 223 g/mol. The van der Waals surface area contributed by atoms with Crippen LogP contribution in [0.25, 0.3) is 0 Å². The summed E-state index contributed by atoms with van der Waals surface area (Å²) in [6, 6.07) is 0. The molecule has 2 N–H and O–H groups in total. The van der Waals surface area contributed by atoms with Gasteiger partial charge in [0, 0.05) is 12.8 Å². The average Bonchev–Trinajstić information content (AvgIpc) is 2.30. The van der Waals surface area contributed by atoms with E-state index >= 15 is 0 Å². The summed E-state index contributed by atoms with van der Waals surface area (Å²) in [6.07, 6.45) is 9.10. The smallest absolute Gasteiger partial charge is 0.132 e. The predicted octanol–water partition coefficient (Wildman–Crippen LogP) is 3.38. The fourth-order valence-corrected chi connectivity index (χ4v) is 1.32. The lowest BCUT2D eigenvalue weighted by Crippen LogP contribution is -2.02. The molecule has 1 aliphatic rings. The molecule has 0 saturated carbocycles. The van der Waals surface area contributed by atoms with Crippen LogP contribution in [0.3, 0.4) is 0 Å². The zero-order valence-electron chi connectivity index (χ0n) is 10.9. The van der Waals surface area contributed by atoms with Gasteiger partial charge in [-0.05, 0) is 39.7 Å². The minimum Gasteiger partial charge on any atom is -0.330 e. The second-order valence-electron chi connectivity index (χ2n) is 4.31. The topological polar surface area (TPSA) is 43.1 Å². The number of nitrogens with two attached hydrogens (primary N) is 1. The SMILES string of the molecule is CC1=CC=C(C)CC1.CCC(=O)CCCN. The highest BCUT2D eigenvalue weighted by molar-refractivity contribution is 5.77. The third kappa shape index (κ3) is 8.42. The second kappa shape index (κ2) is 9.34. The molecule has 0 aliphatic heterocycles. The first-order valence-electron chi connectivity index (χ1n) is 6.14. The summed E-state index contributed by atoms with van der Waals surface area (Å²) in [5, 5.41) is 0. The molecule has 0 radical (unpaired) electrons. The van der Waals surface area contributed by atoms with Crippen LogP contribution in [-0.2, 0) is 4.79 Å². The van der Waals surface area contributed by atoms with Crippen molar-refractivity contribution < 1.29 is 4.79 Å². The first-order valence-corrected chi connectivity index (χ1v) is 6.14. The highest BCUT2D eigenvalue weighted by Gasteiger charge is 1.95. The molecular weight excluding hydrogens is 198 g/mol. The lowest BCUT2D eigenvalue weighted by atomic mass is 10.0. The van der Waals surface area contributed by atoms with Crippen LogP contribution in [-0.4, -0.2) is 12.3 Å². The Labute approximate surface area is 99.6 Å². The summed E-state index contributed by atoms with van der Waals surface area (Å²) in [6.45, 7) is 6.87. The van der Waals surface area contributed by atoms with E-state index in [1.54, 1.807) is 0 Å². The van der Waals surface area contributed by atoms with E-state index in [0.29, 0.717) is 25.2 Å². The lowest BCUT2D eigenvalue weighted by molar-refractivity contribution is -0.118. The molecule has 2 nitrogen and oxygen atoms in total. The number of Topliss-reactive ketones (excluding diaryl/α,β-unsaturated/α-hetero) is 1. The molecule has 0 aromatic heterocycles. The molecule has 0 amide bonds. The van der Waals surface area contributed by atoms with Crippen molar-refractivity contribution in [3.63, 3.8) is 0 Å². The van der Waals surface area contributed by atoms with Crippen LogP contribution in [0.4, 0.5) is 0 Å². The van der Waals surface area contributed by atoms with Gasteiger partial charge in [0.2, 0.25) is 0 Å². The van der Waals surface area contributed by atoms with Gasteiger partial charge in [0.25, 0.3) is 0 Å². The Balaban J connectivity index is 0.000000281. The van der Waals surface area contributed by atoms with E-state index in [0.717, 1.165) is 6.42 Å². The van der Waals surface area contributed by atoms with Crippen molar-refractivity contribution in [1.82, 2.24) is 0 Å². The highest BCUT2D eigenvalue weighted by Crippen LogP contribution is 2.15. The lowest BCUT2D eigenvalue weighted by Gasteiger charge is -2.05. The number of ketones is 1. The van der Waals surface area contributed by atoms with Crippen molar-refractivity contribution in [2.24, 2.45) is 5.73 Å². The number of rotatable bonds is 4. The van der Waals surface area contributed by atoms with Crippen LogP contribution in [0.15, 0.2) is 23.3 Å². The molecule has 0 heterocycles. The minimum absolute atomic E-state index is 0.315. The molecule has 0 unspecified atom stereocenters. The van der Waals surface area contributed by atoms with E-state index in [4.69, 9.17) is 5.73 Å². The third-order valence-electron chi connectivity index (χ3n) is 2.62. The molecule has 0 saturated heterocycles. The van der Waals surface area contributed by atoms with E-state index in [-0.39, 0.29) is 0 Å². The Morgan fingerprint density at radius 1 is 1.25 bits per heavy atom. The van der Waals surface area contributed by atoms with Crippen LogP contribution < -0.4 is 5.73 Å². The van der Waals surface area contributed by atoms with Gasteiger partial charge < -0.3 is 5.73 Å². The highest BCUT2D eigenvalue weighted by atomic mass is 16.1. The molecule has 2 heteroatoms. The minimum atomic E-state index is 0.315. The summed E-state index contributed by atoms with van der Waals surface area (Å²) in [5.41, 5.74) is 8.20. The Morgan fingerprint density at radius 3 is 2.06 bits per heavy atom. The van der Waals surface area contributed by atoms with E-state index in [9.17, 15) is 4.79 Å². The normalized spacial score (nSPS) is 14.5. The Kier molecular flexibility index (Phi) is 8.82. The van der Waals surface area contributed by atoms with E-state index in [1.165, 1.54) is 24.0 Å². The van der Waals surface area contributed by atoms with E-state index in [2.05, 4.69) is 26.0 Å². The summed E-state index contributed by atoms with van der Waals surface area (Å²) in [4.78, 5) is 10.5. The largest absolute Gasteiger partial charge is 0.330 e. The summed E-state index contributed by atoms with van der Waals surface area (Å²) < 4.78 is 0. The van der Waals surface area contributed by atoms with Crippen molar-refractivity contribution in [1.29, 1.82) is 0 Å². The van der Waals surface area contributed by atoms with Gasteiger partial charge in [-0.2, -0.15) is 0 Å². The fourth-order valence-electron chi connectivity index (χ4n) is 1.32. The molecule has 0 spiro atoms. The van der Waals surface area contributed by atoms with Gasteiger partial charge >= 0.3 is 0 Å². The Morgan fingerprint density at radius 2 is 1.75 bits per heavy atom. The first kappa shape index (κ1) is 15.1. The maximum Gasteiger partial charge on any atom is 0.132 e. The number of hydrogen-bond donors (Lipinski definition) is 1. The van der Waals surface area contributed by atoms with Crippen molar-refractivity contribution in [3.8, 4) is 0 Å². The molecule has 0 aromatic carbocycles. The van der Waals surface area contributed by atoms with Crippen LogP contribution in [0, 0.1) is 0 Å². The molecule has 0 fully saturated rings. The van der Waals surface area contributed by atoms with Crippen LogP contribution in [0.2, 0.25) is 0 Å². The average molecular weight is 223 g/mol. The first-order chi connectivity index (χ1) is 7.60. The predicted molar refractivity (Wildman–Crippen MR) is 70.3 cm³/mol. The molecule has 0 bridgehead atoms. The Bertz CT molecular complexity index is 246. The quantitative estimate of drug-likeness (QED) is 0.794. The molecule has 0 atom stereocenters. The molecule has 16 heavy (non-hydrogen) atoms. The van der Waals surface area contributed by atoms with Crippen LogP contribution >= 0.6 is 0 Å². The van der Waals surface area contributed by atoms with Gasteiger partial charge in [0.15, 0.2) is 0 Å². The number of allylic oxidation sites excluding steroid dienone is 4. The molecule has 0 aromatic rings. The zero-order valence-corrected chi connectivity index (χ0v) is 10.9. The van der Waals surface area contributed by atoms with Gasteiger partial charge in [-0.25, -0.2) is 0 Å². The summed E-state index contributed by atoms with van der Waals surface area (Å²) in [7, 11) is 0. The number of carbonyl (C=O) groups excluding carboxylic acids is 1. The van der Waals surface area contributed by atoms with Gasteiger partial charge in [0.05, 0.1) is 0 Å². The fraction of sp³-hybridized carbons (Fsp3) is 0.643. The van der Waals surface area contributed by atoms with Crippen LogP contribution in [0.1, 0.15) is 52.9 Å². The number of hydrogen-bond acceptors (Lipinski definition) is 2. The second-order valence-corrected chi connectivity index (χ2v) is 4.31. The maximum absolute atomic E-state index is 10.5. The maximum atomic E-state index is 10.5. The summed E-state index contributed by atoms with van der Waals surface area (Å²) in [5.74, 6) is 0.315. The molecular formula is C14H25NO.